The third-order valence-corrected chi connectivity index (χ3v) is 9.72. The van der Waals surface area contributed by atoms with E-state index >= 15 is 0 Å². The Labute approximate surface area is 254 Å². The molecule has 0 aliphatic heterocycles. The van der Waals surface area contributed by atoms with Gasteiger partial charge < -0.3 is 9.47 Å². The van der Waals surface area contributed by atoms with Crippen LogP contribution in [0.4, 0.5) is 10.5 Å². The first kappa shape index (κ1) is 30.6. The van der Waals surface area contributed by atoms with Crippen LogP contribution in [0.25, 0.3) is 10.8 Å². The number of hydrogen-bond donors (Lipinski definition) is 0. The largest absolute Gasteiger partial charge is 0.444 e. The van der Waals surface area contributed by atoms with Gasteiger partial charge in [-0.2, -0.15) is 5.10 Å². The zero-order valence-corrected chi connectivity index (χ0v) is 26.5. The quantitative estimate of drug-likeness (QED) is 0.131. The van der Waals surface area contributed by atoms with Crippen LogP contribution in [0.2, 0.25) is 25.7 Å². The van der Waals surface area contributed by atoms with E-state index in [-0.39, 0.29) is 25.4 Å². The first-order valence-corrected chi connectivity index (χ1v) is 19.0. The summed E-state index contributed by atoms with van der Waals surface area (Å²) < 4.78 is 12.9. The highest BCUT2D eigenvalue weighted by Gasteiger charge is 2.22. The highest BCUT2D eigenvalue weighted by Crippen LogP contribution is 2.33. The Morgan fingerprint density at radius 2 is 1.81 bits per heavy atom. The normalized spacial score (nSPS) is 14.1. The van der Waals surface area contributed by atoms with Gasteiger partial charge in [-0.3, -0.25) is 14.7 Å². The lowest BCUT2D eigenvalue weighted by Gasteiger charge is -2.24. The number of pyridine rings is 1. The molecule has 1 aliphatic rings. The third-order valence-electron chi connectivity index (χ3n) is 8.02. The molecule has 0 saturated heterocycles. The lowest BCUT2D eigenvalue weighted by Crippen LogP contribution is -2.31. The average molecular weight is 599 g/mol. The molecule has 1 aliphatic carbocycles. The standard InChI is InChI=1S/C34H42N4O4Si/c1-43(2,3)19-18-41-25-38-33(39)32-15-14-31(21-29(32)22-36-38)37(34(40)42-24-26-10-6-4-7-11-26)23-30-20-28(16-17-35-30)27-12-8-5-9-13-27/h4,6-7,10-11,14-17,20-22,27H,5,8-9,12-13,18-19,23-25H2,1-3H3. The maximum atomic E-state index is 13.6. The molecule has 2 aromatic heterocycles. The fourth-order valence-corrected chi connectivity index (χ4v) is 6.21. The number of rotatable bonds is 11. The minimum atomic E-state index is -1.22. The second kappa shape index (κ2) is 14.1. The highest BCUT2D eigenvalue weighted by molar-refractivity contribution is 6.76. The van der Waals surface area contributed by atoms with Crippen molar-refractivity contribution in [3.05, 3.63) is 100 Å². The predicted molar refractivity (Wildman–Crippen MR) is 173 cm³/mol. The summed E-state index contributed by atoms with van der Waals surface area (Å²) in [6, 6.07) is 20.2. The van der Waals surface area contributed by atoms with E-state index in [4.69, 9.17) is 9.47 Å². The van der Waals surface area contributed by atoms with Crippen molar-refractivity contribution in [3.8, 4) is 0 Å². The number of benzene rings is 2. The summed E-state index contributed by atoms with van der Waals surface area (Å²) in [6.45, 7) is 7.99. The van der Waals surface area contributed by atoms with Gasteiger partial charge in [-0.15, -0.1) is 0 Å². The molecule has 8 nitrogen and oxygen atoms in total. The van der Waals surface area contributed by atoms with E-state index < -0.39 is 14.2 Å². The van der Waals surface area contributed by atoms with Crippen molar-refractivity contribution in [1.82, 2.24) is 14.8 Å². The molecule has 0 radical (unpaired) electrons. The van der Waals surface area contributed by atoms with Gasteiger partial charge >= 0.3 is 6.09 Å². The number of aromatic nitrogens is 3. The van der Waals surface area contributed by atoms with Crippen LogP contribution < -0.4 is 10.5 Å². The molecule has 5 rings (SSSR count). The van der Waals surface area contributed by atoms with Gasteiger partial charge in [-0.25, -0.2) is 9.48 Å². The Morgan fingerprint density at radius 3 is 2.58 bits per heavy atom. The molecule has 4 aromatic rings. The molecule has 1 saturated carbocycles. The summed E-state index contributed by atoms with van der Waals surface area (Å²) >= 11 is 0. The predicted octanol–water partition coefficient (Wildman–Crippen LogP) is 7.49. The first-order chi connectivity index (χ1) is 20.8. The van der Waals surface area contributed by atoms with Crippen molar-refractivity contribution >= 4 is 30.6 Å². The summed E-state index contributed by atoms with van der Waals surface area (Å²) in [5.41, 5.74) is 3.36. The van der Waals surface area contributed by atoms with Gasteiger partial charge in [0.25, 0.3) is 5.56 Å². The molecular weight excluding hydrogens is 556 g/mol. The molecule has 0 unspecified atom stereocenters. The summed E-state index contributed by atoms with van der Waals surface area (Å²) in [5, 5.41) is 5.51. The zero-order valence-electron chi connectivity index (χ0n) is 25.5. The molecule has 0 N–H and O–H groups in total. The van der Waals surface area contributed by atoms with Crippen molar-refractivity contribution in [2.24, 2.45) is 0 Å². The van der Waals surface area contributed by atoms with Gasteiger partial charge in [0.05, 0.1) is 23.8 Å². The first-order valence-electron chi connectivity index (χ1n) is 15.3. The third kappa shape index (κ3) is 8.39. The molecule has 2 heterocycles. The minimum absolute atomic E-state index is 0.113. The van der Waals surface area contributed by atoms with Crippen LogP contribution in [0.15, 0.2) is 77.9 Å². The van der Waals surface area contributed by atoms with Crippen LogP contribution in [-0.2, 0) is 29.4 Å². The van der Waals surface area contributed by atoms with Crippen molar-refractivity contribution in [2.75, 3.05) is 11.5 Å². The smallest absolute Gasteiger partial charge is 0.414 e. The number of carbonyl (C=O) groups is 1. The van der Waals surface area contributed by atoms with Crippen molar-refractivity contribution in [1.29, 1.82) is 0 Å². The summed E-state index contributed by atoms with van der Waals surface area (Å²) in [4.78, 5) is 32.9. The van der Waals surface area contributed by atoms with E-state index in [2.05, 4.69) is 41.9 Å². The van der Waals surface area contributed by atoms with E-state index in [0.29, 0.717) is 29.0 Å². The van der Waals surface area contributed by atoms with E-state index in [0.717, 1.165) is 17.3 Å². The van der Waals surface area contributed by atoms with Crippen LogP contribution in [-0.4, -0.2) is 35.5 Å². The maximum Gasteiger partial charge on any atom is 0.414 e. The molecule has 0 atom stereocenters. The minimum Gasteiger partial charge on any atom is -0.444 e. The van der Waals surface area contributed by atoms with Gasteiger partial charge in [0.15, 0.2) is 0 Å². The van der Waals surface area contributed by atoms with E-state index in [1.54, 1.807) is 23.2 Å². The average Bonchev–Trinajstić information content (AvgIpc) is 3.02. The Balaban J connectivity index is 1.38. The number of fused-ring (bicyclic) bond motifs is 1. The van der Waals surface area contributed by atoms with Gasteiger partial charge in [0, 0.05) is 32.0 Å². The second-order valence-electron chi connectivity index (χ2n) is 12.6. The van der Waals surface area contributed by atoms with Crippen molar-refractivity contribution < 1.29 is 14.3 Å². The number of anilines is 1. The Hall–Kier alpha value is -3.82. The number of amides is 1. The van der Waals surface area contributed by atoms with Gasteiger partial charge in [0.1, 0.15) is 13.3 Å². The zero-order chi connectivity index (χ0) is 30.2. The topological polar surface area (TPSA) is 86.6 Å². The van der Waals surface area contributed by atoms with Crippen LogP contribution >= 0.6 is 0 Å². The van der Waals surface area contributed by atoms with E-state index in [9.17, 15) is 9.59 Å². The molecule has 2 aromatic carbocycles. The molecule has 1 amide bonds. The Morgan fingerprint density at radius 1 is 1.02 bits per heavy atom. The van der Waals surface area contributed by atoms with Gasteiger partial charge in [0.2, 0.25) is 0 Å². The van der Waals surface area contributed by atoms with Crippen LogP contribution in [0, 0.1) is 0 Å². The number of nitrogens with zero attached hydrogens (tertiary/aromatic N) is 4. The van der Waals surface area contributed by atoms with E-state index in [1.807, 2.05) is 42.6 Å². The van der Waals surface area contributed by atoms with E-state index in [1.165, 1.54) is 42.3 Å². The fraction of sp³-hybridized carbons (Fsp3) is 0.412. The van der Waals surface area contributed by atoms with Crippen LogP contribution in [0.3, 0.4) is 0 Å². The molecule has 0 spiro atoms. The molecule has 9 heteroatoms. The lowest BCUT2D eigenvalue weighted by atomic mass is 9.84. The molecule has 1 fully saturated rings. The summed E-state index contributed by atoms with van der Waals surface area (Å²) in [6.07, 6.45) is 9.17. The number of hydrogen-bond acceptors (Lipinski definition) is 6. The SMILES string of the molecule is C[Si](C)(C)CCOCn1ncc2cc(N(Cc3cc(C4CCCCC4)ccn3)C(=O)OCc3ccccc3)ccc2c1=O. The van der Waals surface area contributed by atoms with Gasteiger partial charge in [-0.1, -0.05) is 69.2 Å². The number of carbonyl (C=O) groups excluding carboxylic acids is 1. The second-order valence-corrected chi connectivity index (χ2v) is 18.2. The molecule has 226 valence electrons. The summed E-state index contributed by atoms with van der Waals surface area (Å²) in [7, 11) is -1.22. The number of ether oxygens (including phenoxy) is 2. The Kier molecular flexibility index (Phi) is 10.0. The monoisotopic (exact) mass is 598 g/mol. The lowest BCUT2D eigenvalue weighted by molar-refractivity contribution is 0.0754. The van der Waals surface area contributed by atoms with Crippen LogP contribution in [0.1, 0.15) is 54.8 Å². The van der Waals surface area contributed by atoms with Crippen LogP contribution in [0.5, 0.6) is 0 Å². The highest BCUT2D eigenvalue weighted by atomic mass is 28.3. The molecular formula is C34H42N4O4Si. The van der Waals surface area contributed by atoms with Crippen molar-refractivity contribution in [3.63, 3.8) is 0 Å². The summed E-state index contributed by atoms with van der Waals surface area (Å²) in [5.74, 6) is 0.530. The van der Waals surface area contributed by atoms with Crippen molar-refractivity contribution in [2.45, 2.75) is 83.6 Å². The molecule has 0 bridgehead atoms. The molecule has 43 heavy (non-hydrogen) atoms. The Bertz CT molecular complexity index is 1580. The van der Waals surface area contributed by atoms with Gasteiger partial charge in [-0.05, 0) is 66.3 Å². The maximum absolute atomic E-state index is 13.6. The fourth-order valence-electron chi connectivity index (χ4n) is 5.46.